The van der Waals surface area contributed by atoms with E-state index in [1.54, 1.807) is 12.3 Å². The van der Waals surface area contributed by atoms with E-state index in [2.05, 4.69) is 9.97 Å². The molecule has 0 bridgehead atoms. The molecular weight excluding hydrogens is 330 g/mol. The molecule has 1 N–H and O–H groups in total. The van der Waals surface area contributed by atoms with Crippen LogP contribution in [-0.2, 0) is 22.6 Å². The number of carbonyl (C=O) groups excluding carboxylic acids is 1. The van der Waals surface area contributed by atoms with Gasteiger partial charge in [-0.15, -0.1) is 0 Å². The highest BCUT2D eigenvalue weighted by molar-refractivity contribution is 5.87. The van der Waals surface area contributed by atoms with Crippen molar-refractivity contribution < 1.29 is 9.53 Å². The Morgan fingerprint density at radius 1 is 1.23 bits per heavy atom. The van der Waals surface area contributed by atoms with Crippen molar-refractivity contribution in [3.63, 3.8) is 0 Å². The number of aromatic amines is 1. The molecule has 3 heterocycles. The van der Waals surface area contributed by atoms with Gasteiger partial charge in [-0.25, -0.2) is 4.98 Å². The Bertz CT molecular complexity index is 1170. The Balaban J connectivity index is 1.50. The summed E-state index contributed by atoms with van der Waals surface area (Å²) in [6, 6.07) is 12.9. The molecule has 6 nitrogen and oxygen atoms in total. The molecule has 4 rings (SSSR count). The largest absolute Gasteiger partial charge is 0.459 e. The number of carbonyl (C=O) groups is 1. The maximum atomic E-state index is 12.2. The highest BCUT2D eigenvalue weighted by atomic mass is 16.5. The molecule has 0 saturated carbocycles. The van der Waals surface area contributed by atoms with E-state index in [1.807, 2.05) is 43.5 Å². The van der Waals surface area contributed by atoms with Crippen LogP contribution in [0.1, 0.15) is 16.8 Å². The van der Waals surface area contributed by atoms with E-state index in [-0.39, 0.29) is 24.6 Å². The van der Waals surface area contributed by atoms with Gasteiger partial charge < -0.3 is 9.72 Å². The fourth-order valence-electron chi connectivity index (χ4n) is 3.02. The number of aryl methyl sites for hydroxylation is 1. The number of esters is 1. The van der Waals surface area contributed by atoms with Gasteiger partial charge in [-0.2, -0.15) is 0 Å². The maximum absolute atomic E-state index is 12.2. The summed E-state index contributed by atoms with van der Waals surface area (Å²) >= 11 is 0. The third kappa shape index (κ3) is 2.97. The van der Waals surface area contributed by atoms with E-state index in [9.17, 15) is 9.59 Å². The lowest BCUT2D eigenvalue weighted by Crippen LogP contribution is -2.17. The Labute approximate surface area is 149 Å². The Morgan fingerprint density at radius 3 is 2.96 bits per heavy atom. The predicted octanol–water partition coefficient (Wildman–Crippen LogP) is 2.77. The maximum Gasteiger partial charge on any atom is 0.310 e. The lowest BCUT2D eigenvalue weighted by atomic mass is 10.1. The topological polar surface area (TPSA) is 76.5 Å². The molecule has 130 valence electrons. The first-order valence-electron chi connectivity index (χ1n) is 8.30. The number of hydrogen-bond acceptors (Lipinski definition) is 4. The average molecular weight is 347 g/mol. The highest BCUT2D eigenvalue weighted by Crippen LogP contribution is 2.18. The van der Waals surface area contributed by atoms with Crippen LogP contribution in [0.3, 0.4) is 0 Å². The van der Waals surface area contributed by atoms with Gasteiger partial charge in [0.1, 0.15) is 12.3 Å². The molecule has 0 unspecified atom stereocenters. The Morgan fingerprint density at radius 2 is 2.08 bits per heavy atom. The van der Waals surface area contributed by atoms with Crippen LogP contribution in [0.25, 0.3) is 16.6 Å². The van der Waals surface area contributed by atoms with Crippen molar-refractivity contribution >= 4 is 22.5 Å². The lowest BCUT2D eigenvalue weighted by Gasteiger charge is -2.07. The van der Waals surface area contributed by atoms with E-state index in [1.165, 1.54) is 10.5 Å². The summed E-state index contributed by atoms with van der Waals surface area (Å²) in [6.45, 7) is 1.86. The fourth-order valence-corrected chi connectivity index (χ4v) is 3.02. The van der Waals surface area contributed by atoms with Crippen LogP contribution < -0.4 is 5.56 Å². The zero-order valence-corrected chi connectivity index (χ0v) is 14.2. The normalized spacial score (nSPS) is 11.1. The quantitative estimate of drug-likeness (QED) is 0.576. The molecular formula is C20H17N3O3. The third-order valence-electron chi connectivity index (χ3n) is 4.33. The minimum absolute atomic E-state index is 0.0265. The van der Waals surface area contributed by atoms with Crippen molar-refractivity contribution in [3.05, 3.63) is 82.0 Å². The van der Waals surface area contributed by atoms with Gasteiger partial charge in [0.05, 0.1) is 12.1 Å². The first kappa shape index (κ1) is 16.1. The van der Waals surface area contributed by atoms with Gasteiger partial charge >= 0.3 is 5.97 Å². The standard InChI is InChI=1S/C20H17N3O3/c1-13-5-4-8-23-18(24)10-15(22-20(13)23)12-26-19(25)9-14-11-21-17-7-3-2-6-16(14)17/h2-8,10-11,21H,9,12H2,1H3. The summed E-state index contributed by atoms with van der Waals surface area (Å²) < 4.78 is 6.81. The van der Waals surface area contributed by atoms with E-state index >= 15 is 0 Å². The van der Waals surface area contributed by atoms with Crippen LogP contribution in [-0.4, -0.2) is 20.3 Å². The van der Waals surface area contributed by atoms with Gasteiger partial charge in [-0.05, 0) is 30.2 Å². The zero-order chi connectivity index (χ0) is 18.1. The molecule has 0 fully saturated rings. The number of benzene rings is 1. The molecule has 0 aliphatic carbocycles. The minimum Gasteiger partial charge on any atom is -0.459 e. The van der Waals surface area contributed by atoms with Crippen LogP contribution in [0.5, 0.6) is 0 Å². The number of ether oxygens (including phenoxy) is 1. The average Bonchev–Trinajstić information content (AvgIpc) is 3.04. The SMILES string of the molecule is Cc1cccn2c(=O)cc(COC(=O)Cc3c[nH]c4ccccc34)nc12. The second-order valence-corrected chi connectivity index (χ2v) is 6.17. The summed E-state index contributed by atoms with van der Waals surface area (Å²) in [4.78, 5) is 31.9. The number of nitrogens with one attached hydrogen (secondary N) is 1. The lowest BCUT2D eigenvalue weighted by molar-refractivity contribution is -0.144. The van der Waals surface area contributed by atoms with Crippen LogP contribution in [0.2, 0.25) is 0 Å². The van der Waals surface area contributed by atoms with Crippen molar-refractivity contribution in [3.8, 4) is 0 Å². The number of nitrogens with zero attached hydrogens (tertiary/aromatic N) is 2. The van der Waals surface area contributed by atoms with Gasteiger partial charge in [-0.1, -0.05) is 24.3 Å². The summed E-state index contributed by atoms with van der Waals surface area (Å²) in [5.41, 5.74) is 3.57. The molecule has 26 heavy (non-hydrogen) atoms. The Kier molecular flexibility index (Phi) is 4.01. The van der Waals surface area contributed by atoms with Gasteiger partial charge in [-0.3, -0.25) is 14.0 Å². The van der Waals surface area contributed by atoms with Crippen LogP contribution in [0.4, 0.5) is 0 Å². The molecule has 4 aromatic rings. The number of hydrogen-bond donors (Lipinski definition) is 1. The smallest absolute Gasteiger partial charge is 0.310 e. The zero-order valence-electron chi connectivity index (χ0n) is 14.2. The van der Waals surface area contributed by atoms with E-state index in [0.717, 1.165) is 22.0 Å². The van der Waals surface area contributed by atoms with Gasteiger partial charge in [0, 0.05) is 29.4 Å². The number of para-hydroxylation sites is 1. The third-order valence-corrected chi connectivity index (χ3v) is 4.33. The first-order chi connectivity index (χ1) is 12.6. The Hall–Kier alpha value is -3.41. The monoisotopic (exact) mass is 347 g/mol. The van der Waals surface area contributed by atoms with E-state index < -0.39 is 0 Å². The molecule has 0 atom stereocenters. The molecule has 0 radical (unpaired) electrons. The van der Waals surface area contributed by atoms with Crippen molar-refractivity contribution in [2.75, 3.05) is 0 Å². The fraction of sp³-hybridized carbons (Fsp3) is 0.150. The summed E-state index contributed by atoms with van der Waals surface area (Å²) in [5.74, 6) is -0.360. The van der Waals surface area contributed by atoms with E-state index in [0.29, 0.717) is 11.3 Å². The summed E-state index contributed by atoms with van der Waals surface area (Å²) in [5, 5.41) is 1.00. The second-order valence-electron chi connectivity index (χ2n) is 6.17. The number of H-pyrrole nitrogens is 1. The van der Waals surface area contributed by atoms with Crippen LogP contribution in [0, 0.1) is 6.92 Å². The molecule has 0 amide bonds. The van der Waals surface area contributed by atoms with Crippen LogP contribution >= 0.6 is 0 Å². The summed E-state index contributed by atoms with van der Waals surface area (Å²) in [7, 11) is 0. The molecule has 3 aromatic heterocycles. The number of fused-ring (bicyclic) bond motifs is 2. The van der Waals surface area contributed by atoms with Crippen molar-refractivity contribution in [1.29, 1.82) is 0 Å². The van der Waals surface area contributed by atoms with Gasteiger partial charge in [0.15, 0.2) is 0 Å². The molecule has 0 spiro atoms. The second kappa shape index (κ2) is 6.48. The van der Waals surface area contributed by atoms with Crippen molar-refractivity contribution in [2.24, 2.45) is 0 Å². The van der Waals surface area contributed by atoms with E-state index in [4.69, 9.17) is 4.74 Å². The van der Waals surface area contributed by atoms with Gasteiger partial charge in [0.25, 0.3) is 5.56 Å². The van der Waals surface area contributed by atoms with Gasteiger partial charge in [0.2, 0.25) is 0 Å². The first-order valence-corrected chi connectivity index (χ1v) is 8.30. The number of aromatic nitrogens is 3. The molecule has 0 saturated heterocycles. The van der Waals surface area contributed by atoms with Crippen molar-refractivity contribution in [2.45, 2.75) is 20.0 Å². The number of pyridine rings is 1. The number of rotatable bonds is 4. The highest BCUT2D eigenvalue weighted by Gasteiger charge is 2.11. The molecule has 0 aliphatic heterocycles. The summed E-state index contributed by atoms with van der Waals surface area (Å²) in [6.07, 6.45) is 3.65. The van der Waals surface area contributed by atoms with Crippen LogP contribution in [0.15, 0.2) is 59.7 Å². The predicted molar refractivity (Wildman–Crippen MR) is 98.0 cm³/mol. The molecule has 1 aromatic carbocycles. The molecule has 0 aliphatic rings. The molecule has 6 heteroatoms. The minimum atomic E-state index is -0.360. The van der Waals surface area contributed by atoms with Crippen molar-refractivity contribution in [1.82, 2.24) is 14.4 Å².